The van der Waals surface area contributed by atoms with Crippen molar-refractivity contribution in [2.24, 2.45) is 0 Å². The van der Waals surface area contributed by atoms with E-state index in [0.717, 1.165) is 36.1 Å². The molecule has 2 fully saturated rings. The fourth-order valence-electron chi connectivity index (χ4n) is 3.96. The summed E-state index contributed by atoms with van der Waals surface area (Å²) < 4.78 is 13.5. The maximum absolute atomic E-state index is 13.5. The number of aromatic nitrogens is 1. The molecule has 1 unspecified atom stereocenters. The number of nitrogens with one attached hydrogen (secondary N) is 1. The van der Waals surface area contributed by atoms with Crippen LogP contribution in [0.25, 0.3) is 10.9 Å². The molecule has 0 radical (unpaired) electrons. The number of pyridine rings is 1. The fraction of sp³-hybridized carbons (Fsp3) is 0.450. The molecule has 6 nitrogen and oxygen atoms in total. The second-order valence-electron chi connectivity index (χ2n) is 7.30. The number of nitriles is 1. The van der Waals surface area contributed by atoms with Gasteiger partial charge in [-0.1, -0.05) is 6.07 Å². The van der Waals surface area contributed by atoms with Crippen LogP contribution < -0.4 is 5.32 Å². The summed E-state index contributed by atoms with van der Waals surface area (Å²) in [5, 5.41) is 13.7. The zero-order valence-electron chi connectivity index (χ0n) is 15.0. The average Bonchev–Trinajstić information content (AvgIpc) is 3.27. The molecular formula is C20H22FN5O. The number of alkyl halides is 1. The second-order valence-corrected chi connectivity index (χ2v) is 7.30. The number of likely N-dealkylation sites (tertiary alicyclic amines) is 2. The first kappa shape index (κ1) is 17.7. The quantitative estimate of drug-likeness (QED) is 0.897. The van der Waals surface area contributed by atoms with Crippen molar-refractivity contribution in [2.45, 2.75) is 31.1 Å². The molecule has 7 heteroatoms. The Labute approximate surface area is 157 Å². The highest BCUT2D eigenvalue weighted by molar-refractivity contribution is 5.82. The molecule has 3 atom stereocenters. The zero-order valence-corrected chi connectivity index (χ0v) is 15.0. The molecular weight excluding hydrogens is 345 g/mol. The minimum absolute atomic E-state index is 0.0394. The van der Waals surface area contributed by atoms with E-state index in [2.05, 4.69) is 21.3 Å². The molecule has 140 valence electrons. The highest BCUT2D eigenvalue weighted by atomic mass is 19.1. The van der Waals surface area contributed by atoms with Gasteiger partial charge in [-0.05, 0) is 30.7 Å². The summed E-state index contributed by atoms with van der Waals surface area (Å²) in [7, 11) is 0. The van der Waals surface area contributed by atoms with Gasteiger partial charge in [0.15, 0.2) is 0 Å². The third-order valence-corrected chi connectivity index (χ3v) is 5.32. The van der Waals surface area contributed by atoms with Gasteiger partial charge in [0.05, 0.1) is 24.7 Å². The highest BCUT2D eigenvalue weighted by Gasteiger charge is 2.36. The maximum atomic E-state index is 13.5. The number of amides is 1. The van der Waals surface area contributed by atoms with Gasteiger partial charge in [-0.15, -0.1) is 0 Å². The topological polar surface area (TPSA) is 72.3 Å². The van der Waals surface area contributed by atoms with Crippen LogP contribution in [-0.2, 0) is 4.79 Å². The summed E-state index contributed by atoms with van der Waals surface area (Å²) in [5.74, 6) is -0.154. The molecule has 27 heavy (non-hydrogen) atoms. The van der Waals surface area contributed by atoms with E-state index >= 15 is 0 Å². The summed E-state index contributed by atoms with van der Waals surface area (Å²) in [5.41, 5.74) is 2.00. The van der Waals surface area contributed by atoms with Crippen molar-refractivity contribution in [2.75, 3.05) is 31.5 Å². The Morgan fingerprint density at radius 2 is 2.26 bits per heavy atom. The summed E-state index contributed by atoms with van der Waals surface area (Å²) >= 11 is 0. The average molecular weight is 367 g/mol. The number of nitrogens with zero attached hydrogens (tertiary/aromatic N) is 4. The van der Waals surface area contributed by atoms with Crippen LogP contribution in [0.3, 0.4) is 0 Å². The van der Waals surface area contributed by atoms with Crippen LogP contribution in [-0.4, -0.2) is 65.1 Å². The van der Waals surface area contributed by atoms with Gasteiger partial charge >= 0.3 is 0 Å². The first-order valence-electron chi connectivity index (χ1n) is 9.29. The first-order valence-corrected chi connectivity index (χ1v) is 9.29. The lowest BCUT2D eigenvalue weighted by Gasteiger charge is -2.23. The number of carbonyl (C=O) groups is 1. The van der Waals surface area contributed by atoms with Crippen LogP contribution in [0.15, 0.2) is 36.5 Å². The Bertz CT molecular complexity index is 882. The summed E-state index contributed by atoms with van der Waals surface area (Å²) in [6.07, 6.45) is 1.76. The Morgan fingerprint density at radius 1 is 1.37 bits per heavy atom. The van der Waals surface area contributed by atoms with E-state index in [1.807, 2.05) is 30.3 Å². The molecule has 0 spiro atoms. The fourth-order valence-corrected chi connectivity index (χ4v) is 3.96. The van der Waals surface area contributed by atoms with Crippen molar-refractivity contribution < 1.29 is 9.18 Å². The van der Waals surface area contributed by atoms with Crippen LogP contribution >= 0.6 is 0 Å². The number of benzene rings is 1. The molecule has 0 saturated carbocycles. The Kier molecular flexibility index (Phi) is 4.90. The van der Waals surface area contributed by atoms with E-state index in [1.165, 1.54) is 4.90 Å². The van der Waals surface area contributed by atoms with E-state index < -0.39 is 12.2 Å². The van der Waals surface area contributed by atoms with Crippen molar-refractivity contribution in [1.29, 1.82) is 5.26 Å². The summed E-state index contributed by atoms with van der Waals surface area (Å²) in [4.78, 5) is 20.3. The van der Waals surface area contributed by atoms with Gasteiger partial charge in [0, 0.05) is 42.8 Å². The molecule has 0 bridgehead atoms. The monoisotopic (exact) mass is 367 g/mol. The highest BCUT2D eigenvalue weighted by Crippen LogP contribution is 2.22. The molecule has 2 aliphatic rings. The number of anilines is 1. The van der Waals surface area contributed by atoms with Crippen molar-refractivity contribution in [3.8, 4) is 6.07 Å². The Morgan fingerprint density at radius 3 is 3.11 bits per heavy atom. The predicted molar refractivity (Wildman–Crippen MR) is 101 cm³/mol. The lowest BCUT2D eigenvalue weighted by molar-refractivity contribution is -0.132. The lowest BCUT2D eigenvalue weighted by atomic mass is 10.2. The standard InChI is InChI=1S/C20H22FN5O/c21-15-9-18(10-22)26(11-15)20(27)13-25-7-5-17(12-25)24-16-3-4-19-14(8-16)2-1-6-23-19/h1-4,6,8,15,17-18,24H,5,7,9,11-13H2/t15-,17+,18?/m0/s1. The molecule has 2 aromatic rings. The third-order valence-electron chi connectivity index (χ3n) is 5.32. The van der Waals surface area contributed by atoms with Crippen LogP contribution in [0, 0.1) is 11.3 Å². The number of rotatable bonds is 4. The molecule has 2 aliphatic heterocycles. The van der Waals surface area contributed by atoms with Gasteiger partial charge in [-0.3, -0.25) is 14.7 Å². The van der Waals surface area contributed by atoms with Gasteiger partial charge in [-0.2, -0.15) is 5.26 Å². The SMILES string of the molecule is N#CC1C[C@H](F)CN1C(=O)CN1CC[C@@H](Nc2ccc3ncccc3c2)C1. The van der Waals surface area contributed by atoms with E-state index in [0.29, 0.717) is 0 Å². The van der Waals surface area contributed by atoms with Crippen LogP contribution in [0.5, 0.6) is 0 Å². The number of halogens is 1. The lowest BCUT2D eigenvalue weighted by Crippen LogP contribution is -2.42. The first-order chi connectivity index (χ1) is 13.1. The van der Waals surface area contributed by atoms with Crippen molar-refractivity contribution in [3.63, 3.8) is 0 Å². The molecule has 2 saturated heterocycles. The summed E-state index contributed by atoms with van der Waals surface area (Å²) in [6, 6.07) is 11.7. The largest absolute Gasteiger partial charge is 0.381 e. The van der Waals surface area contributed by atoms with Crippen molar-refractivity contribution in [3.05, 3.63) is 36.5 Å². The maximum Gasteiger partial charge on any atom is 0.237 e. The molecule has 1 N–H and O–H groups in total. The molecule has 1 aromatic carbocycles. The minimum atomic E-state index is -1.09. The number of hydrogen-bond acceptors (Lipinski definition) is 5. The second kappa shape index (κ2) is 7.49. The molecule has 1 amide bonds. The van der Waals surface area contributed by atoms with Crippen molar-refractivity contribution in [1.82, 2.24) is 14.8 Å². The third kappa shape index (κ3) is 3.86. The van der Waals surface area contributed by atoms with Crippen LogP contribution in [0.1, 0.15) is 12.8 Å². The normalized spacial score (nSPS) is 25.6. The Hall–Kier alpha value is -2.72. The molecule has 3 heterocycles. The van der Waals surface area contributed by atoms with Crippen LogP contribution in [0.4, 0.5) is 10.1 Å². The smallest absolute Gasteiger partial charge is 0.237 e. The Balaban J connectivity index is 1.33. The van der Waals surface area contributed by atoms with E-state index in [9.17, 15) is 9.18 Å². The van der Waals surface area contributed by atoms with E-state index in [1.54, 1.807) is 6.20 Å². The molecule has 4 rings (SSSR count). The number of carbonyl (C=O) groups excluding carboxylic acids is 1. The molecule has 1 aromatic heterocycles. The number of fused-ring (bicyclic) bond motifs is 1. The predicted octanol–water partition coefficient (Wildman–Crippen LogP) is 2.18. The van der Waals surface area contributed by atoms with E-state index in [4.69, 9.17) is 5.26 Å². The van der Waals surface area contributed by atoms with Crippen molar-refractivity contribution >= 4 is 22.5 Å². The van der Waals surface area contributed by atoms with Gasteiger partial charge in [0.1, 0.15) is 12.2 Å². The van der Waals surface area contributed by atoms with Gasteiger partial charge in [-0.25, -0.2) is 4.39 Å². The van der Waals surface area contributed by atoms with Gasteiger partial charge in [0.2, 0.25) is 5.91 Å². The minimum Gasteiger partial charge on any atom is -0.381 e. The number of hydrogen-bond donors (Lipinski definition) is 1. The van der Waals surface area contributed by atoms with Gasteiger partial charge in [0.25, 0.3) is 0 Å². The zero-order chi connectivity index (χ0) is 18.8. The van der Waals surface area contributed by atoms with Gasteiger partial charge < -0.3 is 10.2 Å². The van der Waals surface area contributed by atoms with E-state index in [-0.39, 0.29) is 31.5 Å². The van der Waals surface area contributed by atoms with Crippen LogP contribution in [0.2, 0.25) is 0 Å². The molecule has 0 aliphatic carbocycles. The summed E-state index contributed by atoms with van der Waals surface area (Å²) in [6.45, 7) is 1.84.